The van der Waals surface area contributed by atoms with Gasteiger partial charge in [0, 0.05) is 10.0 Å². The van der Waals surface area contributed by atoms with E-state index in [-0.39, 0.29) is 6.04 Å². The molecule has 0 radical (unpaired) electrons. The lowest BCUT2D eigenvalue weighted by molar-refractivity contribution is 0.405. The summed E-state index contributed by atoms with van der Waals surface area (Å²) in [6.07, 6.45) is 0. The SMILES string of the molecule is CNC(c1ccccc1C)c1ccc(Br)cc1OC. The molecule has 0 aliphatic carbocycles. The van der Waals surface area contributed by atoms with E-state index in [1.807, 2.05) is 19.2 Å². The minimum Gasteiger partial charge on any atom is -0.496 e. The molecule has 0 aliphatic rings. The third kappa shape index (κ3) is 2.99. The number of methoxy groups -OCH3 is 1. The molecule has 2 aromatic rings. The summed E-state index contributed by atoms with van der Waals surface area (Å²) in [6, 6.07) is 14.7. The third-order valence-corrected chi connectivity index (χ3v) is 3.79. The smallest absolute Gasteiger partial charge is 0.125 e. The molecule has 0 bridgehead atoms. The van der Waals surface area contributed by atoms with Crippen molar-refractivity contribution in [3.8, 4) is 5.75 Å². The molecule has 100 valence electrons. The zero-order chi connectivity index (χ0) is 13.8. The molecule has 0 heterocycles. The van der Waals surface area contributed by atoms with Crippen molar-refractivity contribution in [1.82, 2.24) is 5.32 Å². The maximum absolute atomic E-state index is 5.50. The predicted molar refractivity (Wildman–Crippen MR) is 82.8 cm³/mol. The summed E-state index contributed by atoms with van der Waals surface area (Å²) in [5.41, 5.74) is 3.68. The van der Waals surface area contributed by atoms with Gasteiger partial charge in [-0.25, -0.2) is 0 Å². The van der Waals surface area contributed by atoms with Gasteiger partial charge in [0.25, 0.3) is 0 Å². The quantitative estimate of drug-likeness (QED) is 0.917. The zero-order valence-corrected chi connectivity index (χ0v) is 13.0. The summed E-state index contributed by atoms with van der Waals surface area (Å²) in [7, 11) is 3.68. The highest BCUT2D eigenvalue weighted by atomic mass is 79.9. The number of hydrogen-bond acceptors (Lipinski definition) is 2. The van der Waals surface area contributed by atoms with Crippen LogP contribution in [-0.2, 0) is 0 Å². The molecule has 0 spiro atoms. The number of benzene rings is 2. The Kier molecular flexibility index (Phi) is 4.61. The lowest BCUT2D eigenvalue weighted by Gasteiger charge is -2.21. The molecule has 0 amide bonds. The number of nitrogens with one attached hydrogen (secondary N) is 1. The number of rotatable bonds is 4. The van der Waals surface area contributed by atoms with E-state index in [2.05, 4.69) is 58.5 Å². The summed E-state index contributed by atoms with van der Waals surface area (Å²) in [5, 5.41) is 3.37. The fraction of sp³-hybridized carbons (Fsp3) is 0.250. The van der Waals surface area contributed by atoms with Crippen LogP contribution in [0.4, 0.5) is 0 Å². The molecule has 0 aromatic heterocycles. The number of halogens is 1. The first-order valence-corrected chi connectivity index (χ1v) is 7.03. The molecule has 2 rings (SSSR count). The normalized spacial score (nSPS) is 12.2. The van der Waals surface area contributed by atoms with E-state index in [0.29, 0.717) is 0 Å². The largest absolute Gasteiger partial charge is 0.496 e. The van der Waals surface area contributed by atoms with Crippen LogP contribution < -0.4 is 10.1 Å². The highest BCUT2D eigenvalue weighted by Gasteiger charge is 2.18. The fourth-order valence-electron chi connectivity index (χ4n) is 2.31. The summed E-state index contributed by atoms with van der Waals surface area (Å²) >= 11 is 3.48. The molecule has 19 heavy (non-hydrogen) atoms. The van der Waals surface area contributed by atoms with Crippen molar-refractivity contribution in [3.63, 3.8) is 0 Å². The fourth-order valence-corrected chi connectivity index (χ4v) is 2.65. The van der Waals surface area contributed by atoms with E-state index in [1.54, 1.807) is 7.11 Å². The van der Waals surface area contributed by atoms with Gasteiger partial charge < -0.3 is 10.1 Å². The van der Waals surface area contributed by atoms with E-state index < -0.39 is 0 Å². The Morgan fingerprint density at radius 3 is 2.47 bits per heavy atom. The number of hydrogen-bond donors (Lipinski definition) is 1. The van der Waals surface area contributed by atoms with Crippen molar-refractivity contribution in [1.29, 1.82) is 0 Å². The van der Waals surface area contributed by atoms with Gasteiger partial charge >= 0.3 is 0 Å². The van der Waals surface area contributed by atoms with Crippen LogP contribution in [0.1, 0.15) is 22.7 Å². The van der Waals surface area contributed by atoms with Gasteiger partial charge in [0.05, 0.1) is 13.2 Å². The lowest BCUT2D eigenvalue weighted by Crippen LogP contribution is -2.19. The molecule has 2 nitrogen and oxygen atoms in total. The van der Waals surface area contributed by atoms with Crippen LogP contribution in [-0.4, -0.2) is 14.2 Å². The second-order valence-electron chi connectivity index (χ2n) is 4.46. The second-order valence-corrected chi connectivity index (χ2v) is 5.38. The van der Waals surface area contributed by atoms with Crippen molar-refractivity contribution in [2.24, 2.45) is 0 Å². The standard InChI is InChI=1S/C16H18BrNO/c1-11-6-4-5-7-13(11)16(18-2)14-9-8-12(17)10-15(14)19-3/h4-10,16,18H,1-3H3. The average Bonchev–Trinajstić information content (AvgIpc) is 2.43. The highest BCUT2D eigenvalue weighted by molar-refractivity contribution is 9.10. The van der Waals surface area contributed by atoms with E-state index in [4.69, 9.17) is 4.74 Å². The molecule has 1 unspecified atom stereocenters. The molecule has 0 saturated carbocycles. The molecular weight excluding hydrogens is 302 g/mol. The van der Waals surface area contributed by atoms with Crippen molar-refractivity contribution in [3.05, 3.63) is 63.6 Å². The Labute approximate surface area is 122 Å². The highest BCUT2D eigenvalue weighted by Crippen LogP contribution is 2.33. The van der Waals surface area contributed by atoms with Crippen LogP contribution in [0.2, 0.25) is 0 Å². The van der Waals surface area contributed by atoms with Gasteiger partial charge in [0.15, 0.2) is 0 Å². The van der Waals surface area contributed by atoms with Crippen LogP contribution in [0.3, 0.4) is 0 Å². The Morgan fingerprint density at radius 2 is 1.84 bits per heavy atom. The molecule has 2 aromatic carbocycles. The maximum Gasteiger partial charge on any atom is 0.125 e. The van der Waals surface area contributed by atoms with E-state index in [0.717, 1.165) is 15.8 Å². The molecule has 0 aliphatic heterocycles. The van der Waals surface area contributed by atoms with E-state index in [1.165, 1.54) is 11.1 Å². The van der Waals surface area contributed by atoms with Crippen molar-refractivity contribution in [2.75, 3.05) is 14.2 Å². The summed E-state index contributed by atoms with van der Waals surface area (Å²) in [6.45, 7) is 2.13. The monoisotopic (exact) mass is 319 g/mol. The molecule has 0 fully saturated rings. The van der Waals surface area contributed by atoms with E-state index in [9.17, 15) is 0 Å². The average molecular weight is 320 g/mol. The van der Waals surface area contributed by atoms with Crippen LogP contribution in [0.5, 0.6) is 5.75 Å². The maximum atomic E-state index is 5.50. The summed E-state index contributed by atoms with van der Waals surface area (Å²) in [4.78, 5) is 0. The first-order valence-electron chi connectivity index (χ1n) is 6.23. The van der Waals surface area contributed by atoms with Crippen molar-refractivity contribution < 1.29 is 4.74 Å². The van der Waals surface area contributed by atoms with Gasteiger partial charge in [0.2, 0.25) is 0 Å². The third-order valence-electron chi connectivity index (χ3n) is 3.29. The Balaban J connectivity index is 2.51. The van der Waals surface area contributed by atoms with Crippen LogP contribution in [0.25, 0.3) is 0 Å². The van der Waals surface area contributed by atoms with Gasteiger partial charge in [-0.15, -0.1) is 0 Å². The molecule has 1 atom stereocenters. The molecular formula is C16H18BrNO. The molecule has 3 heteroatoms. The molecule has 0 saturated heterocycles. The first-order chi connectivity index (χ1) is 9.17. The minimum absolute atomic E-state index is 0.129. The second kappa shape index (κ2) is 6.22. The van der Waals surface area contributed by atoms with Crippen LogP contribution in [0, 0.1) is 6.92 Å². The van der Waals surface area contributed by atoms with Crippen LogP contribution in [0.15, 0.2) is 46.9 Å². The van der Waals surface area contributed by atoms with Crippen LogP contribution >= 0.6 is 15.9 Å². The summed E-state index contributed by atoms with van der Waals surface area (Å²) in [5.74, 6) is 0.886. The Hall–Kier alpha value is -1.32. The van der Waals surface area contributed by atoms with Gasteiger partial charge in [-0.2, -0.15) is 0 Å². The Morgan fingerprint density at radius 1 is 1.11 bits per heavy atom. The molecule has 1 N–H and O–H groups in total. The topological polar surface area (TPSA) is 21.3 Å². The minimum atomic E-state index is 0.129. The van der Waals surface area contributed by atoms with Gasteiger partial charge in [0.1, 0.15) is 5.75 Å². The van der Waals surface area contributed by atoms with Gasteiger partial charge in [-0.1, -0.05) is 46.3 Å². The zero-order valence-electron chi connectivity index (χ0n) is 11.4. The lowest BCUT2D eigenvalue weighted by atomic mass is 9.94. The van der Waals surface area contributed by atoms with Crippen molar-refractivity contribution in [2.45, 2.75) is 13.0 Å². The Bertz CT molecular complexity index is 568. The number of aryl methyl sites for hydroxylation is 1. The van der Waals surface area contributed by atoms with E-state index >= 15 is 0 Å². The predicted octanol–water partition coefficient (Wildman–Crippen LogP) is 4.07. The van der Waals surface area contributed by atoms with Gasteiger partial charge in [-0.05, 0) is 37.2 Å². The summed E-state index contributed by atoms with van der Waals surface area (Å²) < 4.78 is 6.52. The number of ether oxygens (including phenoxy) is 1. The van der Waals surface area contributed by atoms with Crippen molar-refractivity contribution >= 4 is 15.9 Å². The first kappa shape index (κ1) is 14.1. The van der Waals surface area contributed by atoms with Gasteiger partial charge in [-0.3, -0.25) is 0 Å².